The molecular formula is C33H38N4O6S2. The van der Waals surface area contributed by atoms with Gasteiger partial charge in [0, 0.05) is 37.4 Å². The van der Waals surface area contributed by atoms with E-state index in [0.717, 1.165) is 5.56 Å². The Bertz CT molecular complexity index is 1810. The quantitative estimate of drug-likeness (QED) is 0.175. The Morgan fingerprint density at radius 2 is 1.42 bits per heavy atom. The van der Waals surface area contributed by atoms with Gasteiger partial charge in [-0.1, -0.05) is 35.9 Å². The van der Waals surface area contributed by atoms with Crippen LogP contribution in [-0.2, 0) is 24.8 Å². The highest BCUT2D eigenvalue weighted by molar-refractivity contribution is 7.93. The highest BCUT2D eigenvalue weighted by Crippen LogP contribution is 2.31. The lowest BCUT2D eigenvalue weighted by atomic mass is 10.2. The first kappa shape index (κ1) is 33.3. The van der Waals surface area contributed by atoms with Gasteiger partial charge in [-0.25, -0.2) is 16.8 Å². The molecule has 0 atom stereocenters. The van der Waals surface area contributed by atoms with E-state index < -0.39 is 26.0 Å². The third-order valence-corrected chi connectivity index (χ3v) is 10.4. The summed E-state index contributed by atoms with van der Waals surface area (Å²) in [6.07, 6.45) is -0.177. The largest absolute Gasteiger partial charge is 0.497 e. The van der Waals surface area contributed by atoms with Crippen LogP contribution in [0.5, 0.6) is 5.75 Å². The normalized spacial score (nSPS) is 11.5. The highest BCUT2D eigenvalue weighted by Gasteiger charge is 2.26. The number of anilines is 4. The van der Waals surface area contributed by atoms with Crippen molar-refractivity contribution in [1.82, 2.24) is 0 Å². The van der Waals surface area contributed by atoms with Gasteiger partial charge in [-0.2, -0.15) is 0 Å². The lowest BCUT2D eigenvalue weighted by Gasteiger charge is -2.25. The summed E-state index contributed by atoms with van der Waals surface area (Å²) in [5.41, 5.74) is 2.50. The number of carbonyl (C=O) groups is 1. The van der Waals surface area contributed by atoms with Crippen molar-refractivity contribution in [2.24, 2.45) is 0 Å². The fourth-order valence-electron chi connectivity index (χ4n) is 4.75. The average molecular weight is 651 g/mol. The molecular weight excluding hydrogens is 613 g/mol. The van der Waals surface area contributed by atoms with Crippen molar-refractivity contribution in [2.45, 2.75) is 37.0 Å². The molecule has 0 aromatic heterocycles. The van der Waals surface area contributed by atoms with Crippen LogP contribution in [0, 0.1) is 6.92 Å². The van der Waals surface area contributed by atoms with Crippen LogP contribution in [0.15, 0.2) is 107 Å². The second-order valence-electron chi connectivity index (χ2n) is 10.2. The van der Waals surface area contributed by atoms with Crippen LogP contribution < -0.4 is 24.0 Å². The molecule has 0 aliphatic rings. The number of ether oxygens (including phenoxy) is 1. The molecule has 4 rings (SSSR count). The highest BCUT2D eigenvalue weighted by atomic mass is 32.2. The topological polar surface area (TPSA) is 125 Å². The third kappa shape index (κ3) is 8.14. The molecule has 12 heteroatoms. The second kappa shape index (κ2) is 14.5. The van der Waals surface area contributed by atoms with Crippen LogP contribution in [-0.4, -0.2) is 49.5 Å². The summed E-state index contributed by atoms with van der Waals surface area (Å²) >= 11 is 0. The number of hydrogen-bond donors (Lipinski definition) is 2. The molecule has 0 bridgehead atoms. The summed E-state index contributed by atoms with van der Waals surface area (Å²) in [4.78, 5) is 15.2. The summed E-state index contributed by atoms with van der Waals surface area (Å²) < 4.78 is 63.4. The minimum Gasteiger partial charge on any atom is -0.497 e. The fourth-order valence-corrected chi connectivity index (χ4v) is 7.54. The van der Waals surface area contributed by atoms with Crippen molar-refractivity contribution in [3.63, 3.8) is 0 Å². The van der Waals surface area contributed by atoms with E-state index in [9.17, 15) is 21.6 Å². The first-order valence-corrected chi connectivity index (χ1v) is 17.4. The van der Waals surface area contributed by atoms with E-state index in [1.54, 1.807) is 66.7 Å². The molecule has 10 nitrogen and oxygen atoms in total. The molecule has 4 aromatic carbocycles. The smallest absolute Gasteiger partial charge is 0.264 e. The van der Waals surface area contributed by atoms with E-state index in [-0.39, 0.29) is 28.4 Å². The van der Waals surface area contributed by atoms with E-state index in [2.05, 4.69) is 10.0 Å². The summed E-state index contributed by atoms with van der Waals surface area (Å²) in [6.45, 7) is 6.76. The number of amides is 1. The van der Waals surface area contributed by atoms with Crippen molar-refractivity contribution in [3.8, 4) is 5.75 Å². The maximum atomic E-state index is 13.6. The molecule has 0 aliphatic carbocycles. The van der Waals surface area contributed by atoms with Gasteiger partial charge in [0.15, 0.2) is 0 Å². The molecule has 0 saturated carbocycles. The predicted molar refractivity (Wildman–Crippen MR) is 179 cm³/mol. The van der Waals surface area contributed by atoms with Crippen LogP contribution in [0.1, 0.15) is 25.8 Å². The third-order valence-electron chi connectivity index (χ3n) is 7.17. The molecule has 0 radical (unpaired) electrons. The van der Waals surface area contributed by atoms with Crippen LogP contribution in [0.25, 0.3) is 0 Å². The number of sulfonamides is 2. The summed E-state index contributed by atoms with van der Waals surface area (Å²) in [6, 6.07) is 26.3. The summed E-state index contributed by atoms with van der Waals surface area (Å²) in [5.74, 6) is 0.112. The van der Waals surface area contributed by atoms with Gasteiger partial charge < -0.3 is 15.0 Å². The standard InChI is InChI=1S/C33H38N4O6S2/c1-5-36(6-2)31-21-16-27(24-32(31)44(39,40)35-26-14-19-29(43-4)20-15-26)34-33(38)22-23-37(28-17-12-25(3)13-18-28)45(41,42)30-10-8-7-9-11-30/h7-21,24,35H,5-6,22-23H2,1-4H3,(H,34,38). The fraction of sp³-hybridized carbons (Fsp3) is 0.242. The van der Waals surface area contributed by atoms with E-state index in [4.69, 9.17) is 4.74 Å². The maximum Gasteiger partial charge on any atom is 0.264 e. The summed E-state index contributed by atoms with van der Waals surface area (Å²) in [7, 11) is -6.51. The zero-order valence-corrected chi connectivity index (χ0v) is 27.4. The first-order chi connectivity index (χ1) is 21.5. The van der Waals surface area contributed by atoms with Crippen molar-refractivity contribution in [2.75, 3.05) is 46.0 Å². The molecule has 2 N–H and O–H groups in total. The predicted octanol–water partition coefficient (Wildman–Crippen LogP) is 5.87. The molecule has 1 amide bonds. The van der Waals surface area contributed by atoms with Gasteiger partial charge in [-0.15, -0.1) is 0 Å². The lowest BCUT2D eigenvalue weighted by molar-refractivity contribution is -0.116. The molecule has 238 valence electrons. The molecule has 0 saturated heterocycles. The van der Waals surface area contributed by atoms with Crippen molar-refractivity contribution < 1.29 is 26.4 Å². The average Bonchev–Trinajstić information content (AvgIpc) is 3.03. The Morgan fingerprint density at radius 1 is 0.800 bits per heavy atom. The number of nitrogens with one attached hydrogen (secondary N) is 2. The Hall–Kier alpha value is -4.55. The van der Waals surface area contributed by atoms with Gasteiger partial charge in [0.1, 0.15) is 10.6 Å². The van der Waals surface area contributed by atoms with Gasteiger partial charge in [0.2, 0.25) is 5.91 Å². The zero-order chi connectivity index (χ0) is 32.6. The monoisotopic (exact) mass is 650 g/mol. The minimum absolute atomic E-state index is 0.00671. The van der Waals surface area contributed by atoms with Crippen LogP contribution in [0.2, 0.25) is 0 Å². The van der Waals surface area contributed by atoms with Crippen LogP contribution in [0.3, 0.4) is 0 Å². The van der Waals surface area contributed by atoms with E-state index >= 15 is 0 Å². The molecule has 0 unspecified atom stereocenters. The van der Waals surface area contributed by atoms with Gasteiger partial charge in [0.25, 0.3) is 20.0 Å². The Balaban J connectivity index is 1.59. The first-order valence-electron chi connectivity index (χ1n) is 14.5. The van der Waals surface area contributed by atoms with Crippen molar-refractivity contribution in [3.05, 3.63) is 103 Å². The second-order valence-corrected chi connectivity index (χ2v) is 13.7. The molecule has 0 spiro atoms. The number of carbonyl (C=O) groups excluding carboxylic acids is 1. The molecule has 45 heavy (non-hydrogen) atoms. The number of nitrogens with zero attached hydrogens (tertiary/aromatic N) is 2. The van der Waals surface area contributed by atoms with Crippen molar-refractivity contribution in [1.29, 1.82) is 0 Å². The van der Waals surface area contributed by atoms with E-state index in [0.29, 0.717) is 35.9 Å². The molecule has 0 heterocycles. The van der Waals surface area contributed by atoms with Gasteiger partial charge in [0.05, 0.1) is 23.4 Å². The van der Waals surface area contributed by atoms with Crippen molar-refractivity contribution >= 4 is 48.7 Å². The Labute approximate surface area is 265 Å². The SMILES string of the molecule is CCN(CC)c1ccc(NC(=O)CCN(c2ccc(C)cc2)S(=O)(=O)c2ccccc2)cc1S(=O)(=O)Nc1ccc(OC)cc1. The number of methoxy groups -OCH3 is 1. The van der Waals surface area contributed by atoms with Crippen LogP contribution in [0.4, 0.5) is 22.7 Å². The lowest BCUT2D eigenvalue weighted by Crippen LogP contribution is -2.34. The molecule has 4 aromatic rings. The number of hydrogen-bond acceptors (Lipinski definition) is 7. The maximum absolute atomic E-state index is 13.6. The number of aryl methyl sites for hydroxylation is 1. The van der Waals surface area contributed by atoms with Gasteiger partial charge >= 0.3 is 0 Å². The van der Waals surface area contributed by atoms with Gasteiger partial charge in [-0.05, 0) is 87.5 Å². The van der Waals surface area contributed by atoms with Gasteiger partial charge in [-0.3, -0.25) is 13.8 Å². The molecule has 0 aliphatic heterocycles. The van der Waals surface area contributed by atoms with Crippen LogP contribution >= 0.6 is 0 Å². The summed E-state index contributed by atoms with van der Waals surface area (Å²) in [5, 5.41) is 2.75. The minimum atomic E-state index is -4.07. The van der Waals surface area contributed by atoms with E-state index in [1.165, 1.54) is 29.6 Å². The Kier molecular flexibility index (Phi) is 10.7. The van der Waals surface area contributed by atoms with E-state index in [1.807, 2.05) is 37.8 Å². The Morgan fingerprint density at radius 3 is 2.02 bits per heavy atom. The number of rotatable bonds is 14. The zero-order valence-electron chi connectivity index (χ0n) is 25.7. The number of benzene rings is 4. The molecule has 0 fully saturated rings.